The maximum atomic E-state index is 12.6. The van der Waals surface area contributed by atoms with E-state index in [1.54, 1.807) is 41.1 Å². The lowest BCUT2D eigenvalue weighted by atomic mass is 10.1. The molecular weight excluding hydrogens is 408 g/mol. The highest BCUT2D eigenvalue weighted by molar-refractivity contribution is 7.14. The van der Waals surface area contributed by atoms with Crippen molar-refractivity contribution in [1.29, 1.82) is 0 Å². The molecule has 0 aliphatic rings. The van der Waals surface area contributed by atoms with E-state index in [0.29, 0.717) is 21.3 Å². The molecule has 0 unspecified atom stereocenters. The number of anilines is 1. The monoisotopic (exact) mass is 423 g/mol. The predicted molar refractivity (Wildman–Crippen MR) is 104 cm³/mol. The Bertz CT molecular complexity index is 961. The van der Waals surface area contributed by atoms with Crippen molar-refractivity contribution in [3.63, 3.8) is 0 Å². The van der Waals surface area contributed by atoms with Crippen LogP contribution in [-0.2, 0) is 4.79 Å². The van der Waals surface area contributed by atoms with Gasteiger partial charge in [-0.25, -0.2) is 4.98 Å². The predicted octanol–water partition coefficient (Wildman–Crippen LogP) is 4.18. The Balaban J connectivity index is 1.65. The van der Waals surface area contributed by atoms with Crippen LogP contribution in [0.25, 0.3) is 11.3 Å². The van der Waals surface area contributed by atoms with Crippen LogP contribution in [0.1, 0.15) is 9.67 Å². The summed E-state index contributed by atoms with van der Waals surface area (Å²) >= 11 is 2.44. The molecular formula is C18H15F2N3O3S2. The first-order valence-corrected chi connectivity index (χ1v) is 9.78. The first kappa shape index (κ1) is 19.9. The number of carbonyl (C=O) groups excluding carboxylic acids is 2. The molecule has 2 heterocycles. The number of thiazole rings is 1. The van der Waals surface area contributed by atoms with Gasteiger partial charge in [0.15, 0.2) is 5.13 Å². The van der Waals surface area contributed by atoms with Crippen LogP contribution in [0.15, 0.2) is 47.2 Å². The van der Waals surface area contributed by atoms with Crippen LogP contribution < -0.4 is 10.1 Å². The molecule has 1 N–H and O–H groups in total. The highest BCUT2D eigenvalue weighted by Crippen LogP contribution is 2.32. The van der Waals surface area contributed by atoms with Crippen molar-refractivity contribution in [2.75, 3.05) is 18.9 Å². The molecule has 0 spiro atoms. The van der Waals surface area contributed by atoms with Crippen LogP contribution in [0, 0.1) is 0 Å². The van der Waals surface area contributed by atoms with Gasteiger partial charge in [0.25, 0.3) is 5.91 Å². The number of carbonyl (C=O) groups is 2. The lowest BCUT2D eigenvalue weighted by molar-refractivity contribution is -0.116. The van der Waals surface area contributed by atoms with Gasteiger partial charge in [-0.2, -0.15) is 8.78 Å². The van der Waals surface area contributed by atoms with Crippen LogP contribution in [0.5, 0.6) is 5.75 Å². The Kier molecular flexibility index (Phi) is 6.32. The summed E-state index contributed by atoms with van der Waals surface area (Å²) in [7, 11) is 1.53. The van der Waals surface area contributed by atoms with Gasteiger partial charge in [-0.3, -0.25) is 9.59 Å². The normalized spacial score (nSPS) is 10.7. The van der Waals surface area contributed by atoms with E-state index in [9.17, 15) is 18.4 Å². The zero-order valence-corrected chi connectivity index (χ0v) is 16.2. The van der Waals surface area contributed by atoms with Gasteiger partial charge in [0, 0.05) is 18.0 Å². The number of hydrogen-bond donors (Lipinski definition) is 1. The Hall–Kier alpha value is -2.85. The van der Waals surface area contributed by atoms with Gasteiger partial charge in [-0.05, 0) is 23.6 Å². The van der Waals surface area contributed by atoms with E-state index in [2.05, 4.69) is 15.0 Å². The summed E-state index contributed by atoms with van der Waals surface area (Å²) in [6.07, 6.45) is 0. The van der Waals surface area contributed by atoms with Gasteiger partial charge in [0.1, 0.15) is 5.75 Å². The molecule has 3 aromatic rings. The number of nitrogens with zero attached hydrogens (tertiary/aromatic N) is 2. The molecule has 10 heteroatoms. The minimum atomic E-state index is -2.95. The fraction of sp³-hybridized carbons (Fsp3) is 0.167. The Morgan fingerprint density at radius 2 is 2.00 bits per heavy atom. The van der Waals surface area contributed by atoms with Gasteiger partial charge >= 0.3 is 6.61 Å². The summed E-state index contributed by atoms with van der Waals surface area (Å²) < 4.78 is 29.6. The number of rotatable bonds is 7. The maximum Gasteiger partial charge on any atom is 0.387 e. The average molecular weight is 423 g/mol. The molecule has 0 fully saturated rings. The third-order valence-electron chi connectivity index (χ3n) is 3.59. The molecule has 0 radical (unpaired) electrons. The summed E-state index contributed by atoms with van der Waals surface area (Å²) in [5, 5.41) is 6.32. The molecule has 0 atom stereocenters. The molecule has 28 heavy (non-hydrogen) atoms. The van der Waals surface area contributed by atoms with Crippen LogP contribution in [-0.4, -0.2) is 41.9 Å². The number of ether oxygens (including phenoxy) is 1. The molecule has 146 valence electrons. The van der Waals surface area contributed by atoms with E-state index in [-0.39, 0.29) is 18.2 Å². The molecule has 0 bridgehead atoms. The van der Waals surface area contributed by atoms with Crippen molar-refractivity contribution in [3.05, 3.63) is 52.0 Å². The number of amides is 2. The minimum Gasteiger partial charge on any atom is -0.434 e. The molecule has 0 saturated heterocycles. The molecule has 0 saturated carbocycles. The molecule has 1 aromatic carbocycles. The Morgan fingerprint density at radius 3 is 2.71 bits per heavy atom. The number of thiophene rings is 1. The minimum absolute atomic E-state index is 0.00181. The Labute approximate surface area is 167 Å². The molecule has 6 nitrogen and oxygen atoms in total. The van der Waals surface area contributed by atoms with Gasteiger partial charge in [0.05, 0.1) is 17.1 Å². The van der Waals surface area contributed by atoms with Gasteiger partial charge in [0.2, 0.25) is 5.91 Å². The first-order chi connectivity index (χ1) is 13.4. The molecule has 2 amide bonds. The zero-order chi connectivity index (χ0) is 20.1. The fourth-order valence-corrected chi connectivity index (χ4v) is 3.81. The third-order valence-corrected chi connectivity index (χ3v) is 5.20. The molecule has 0 aliphatic carbocycles. The molecule has 0 aliphatic heterocycles. The largest absolute Gasteiger partial charge is 0.434 e. The number of halogens is 2. The van der Waals surface area contributed by atoms with Crippen molar-refractivity contribution in [3.8, 4) is 17.0 Å². The Morgan fingerprint density at radius 1 is 1.21 bits per heavy atom. The second-order valence-electron chi connectivity index (χ2n) is 5.60. The van der Waals surface area contributed by atoms with Crippen molar-refractivity contribution >= 4 is 39.6 Å². The summed E-state index contributed by atoms with van der Waals surface area (Å²) in [4.78, 5) is 30.5. The highest BCUT2D eigenvalue weighted by atomic mass is 32.1. The van der Waals surface area contributed by atoms with Crippen LogP contribution in [0.2, 0.25) is 0 Å². The van der Waals surface area contributed by atoms with Gasteiger partial charge in [-0.15, -0.1) is 22.7 Å². The summed E-state index contributed by atoms with van der Waals surface area (Å²) in [5.41, 5.74) is 0.795. The average Bonchev–Trinajstić information content (AvgIpc) is 3.33. The van der Waals surface area contributed by atoms with E-state index in [0.717, 1.165) is 11.3 Å². The topological polar surface area (TPSA) is 71.5 Å². The van der Waals surface area contributed by atoms with E-state index in [4.69, 9.17) is 0 Å². The van der Waals surface area contributed by atoms with E-state index in [1.165, 1.54) is 29.4 Å². The molecule has 2 aromatic heterocycles. The molecule has 3 rings (SSSR count). The lowest BCUT2D eigenvalue weighted by Gasteiger charge is -2.15. The quantitative estimate of drug-likeness (QED) is 0.619. The number of nitrogens with one attached hydrogen (secondary N) is 1. The number of alkyl halides is 2. The number of para-hydroxylation sites is 1. The van der Waals surface area contributed by atoms with Crippen molar-refractivity contribution in [2.45, 2.75) is 6.61 Å². The number of benzene rings is 1. The van der Waals surface area contributed by atoms with Crippen molar-refractivity contribution < 1.29 is 23.1 Å². The smallest absolute Gasteiger partial charge is 0.387 e. The zero-order valence-electron chi connectivity index (χ0n) is 14.6. The van der Waals surface area contributed by atoms with Crippen LogP contribution >= 0.6 is 22.7 Å². The van der Waals surface area contributed by atoms with E-state index >= 15 is 0 Å². The van der Waals surface area contributed by atoms with E-state index in [1.807, 2.05) is 0 Å². The summed E-state index contributed by atoms with van der Waals surface area (Å²) in [5.74, 6) is -0.657. The highest BCUT2D eigenvalue weighted by Gasteiger charge is 2.18. The standard InChI is InChI=1S/C18H15F2N3O3S2/c1-23(16(25)14-7-4-8-27-14)9-15(24)22-18-21-12(10-28-18)11-5-2-3-6-13(11)26-17(19)20/h2-8,10,17H,9H2,1H3,(H,21,22,24). The second kappa shape index (κ2) is 8.89. The maximum absolute atomic E-state index is 12.6. The van der Waals surface area contributed by atoms with Gasteiger partial charge < -0.3 is 15.0 Å². The number of likely N-dealkylation sites (N-methyl/N-ethyl adjacent to an activating group) is 1. The first-order valence-electron chi connectivity index (χ1n) is 8.02. The second-order valence-corrected chi connectivity index (χ2v) is 7.41. The summed E-state index contributed by atoms with van der Waals surface area (Å²) in [6.45, 7) is -3.09. The third kappa shape index (κ3) is 4.90. The number of aromatic nitrogens is 1. The summed E-state index contributed by atoms with van der Waals surface area (Å²) in [6, 6.07) is 9.73. The number of hydrogen-bond acceptors (Lipinski definition) is 6. The SMILES string of the molecule is CN(CC(=O)Nc1nc(-c2ccccc2OC(F)F)cs1)C(=O)c1cccs1. The van der Waals surface area contributed by atoms with Crippen LogP contribution in [0.3, 0.4) is 0 Å². The van der Waals surface area contributed by atoms with Gasteiger partial charge in [-0.1, -0.05) is 18.2 Å². The van der Waals surface area contributed by atoms with Crippen molar-refractivity contribution in [2.24, 2.45) is 0 Å². The lowest BCUT2D eigenvalue weighted by Crippen LogP contribution is -2.34. The fourth-order valence-electron chi connectivity index (χ4n) is 2.37. The van der Waals surface area contributed by atoms with Crippen molar-refractivity contribution in [1.82, 2.24) is 9.88 Å². The van der Waals surface area contributed by atoms with Crippen LogP contribution in [0.4, 0.5) is 13.9 Å². The van der Waals surface area contributed by atoms with E-state index < -0.39 is 12.5 Å².